The predicted molar refractivity (Wildman–Crippen MR) is 78.0 cm³/mol. The van der Waals surface area contributed by atoms with Gasteiger partial charge in [0.1, 0.15) is 11.5 Å². The van der Waals surface area contributed by atoms with Crippen LogP contribution in [0.15, 0.2) is 23.2 Å². The maximum absolute atomic E-state index is 5.75. The average Bonchev–Trinajstić information content (AvgIpc) is 2.37. The lowest BCUT2D eigenvalue weighted by molar-refractivity contribution is 0.399. The zero-order chi connectivity index (χ0) is 14.3. The Hall–Kier alpha value is -1.91. The lowest BCUT2D eigenvalue weighted by atomic mass is 10.1. The van der Waals surface area contributed by atoms with Gasteiger partial charge in [-0.15, -0.1) is 0 Å². The maximum atomic E-state index is 5.75. The van der Waals surface area contributed by atoms with Crippen molar-refractivity contribution in [2.75, 3.05) is 20.8 Å². The molecule has 1 aromatic carbocycles. The van der Waals surface area contributed by atoms with Crippen molar-refractivity contribution < 1.29 is 9.47 Å². The first-order chi connectivity index (χ1) is 9.06. The molecule has 5 nitrogen and oxygen atoms in total. The minimum atomic E-state index is 0.287. The topological polar surface area (TPSA) is 68.9 Å². The second-order valence-electron chi connectivity index (χ2n) is 4.49. The molecule has 1 aromatic rings. The van der Waals surface area contributed by atoms with E-state index in [-0.39, 0.29) is 6.04 Å². The smallest absolute Gasteiger partial charge is 0.188 e. The summed E-state index contributed by atoms with van der Waals surface area (Å²) in [7, 11) is 3.30. The Balaban J connectivity index is 2.66. The van der Waals surface area contributed by atoms with Gasteiger partial charge >= 0.3 is 0 Å². The van der Waals surface area contributed by atoms with Crippen LogP contribution in [0.4, 0.5) is 0 Å². The molecule has 0 aliphatic rings. The number of hydrogen-bond acceptors (Lipinski definition) is 3. The third-order valence-electron chi connectivity index (χ3n) is 2.59. The summed E-state index contributed by atoms with van der Waals surface area (Å²) in [6.07, 6.45) is 0.751. The quantitative estimate of drug-likeness (QED) is 0.605. The molecule has 3 N–H and O–H groups in total. The van der Waals surface area contributed by atoms with E-state index in [1.54, 1.807) is 14.2 Å². The van der Waals surface area contributed by atoms with Crippen molar-refractivity contribution in [3.63, 3.8) is 0 Å². The number of benzene rings is 1. The summed E-state index contributed by atoms with van der Waals surface area (Å²) >= 11 is 0. The molecule has 5 heteroatoms. The van der Waals surface area contributed by atoms with Crippen molar-refractivity contribution in [3.05, 3.63) is 23.8 Å². The van der Waals surface area contributed by atoms with Crippen LogP contribution in [-0.2, 0) is 6.42 Å². The normalized spacial score (nSPS) is 11.5. The van der Waals surface area contributed by atoms with Gasteiger partial charge in [0.05, 0.1) is 14.2 Å². The second kappa shape index (κ2) is 7.51. The van der Waals surface area contributed by atoms with E-state index in [1.165, 1.54) is 0 Å². The van der Waals surface area contributed by atoms with E-state index in [0.717, 1.165) is 23.5 Å². The minimum Gasteiger partial charge on any atom is -0.497 e. The zero-order valence-electron chi connectivity index (χ0n) is 12.1. The molecule has 19 heavy (non-hydrogen) atoms. The summed E-state index contributed by atoms with van der Waals surface area (Å²) in [6.45, 7) is 4.65. The van der Waals surface area contributed by atoms with Crippen LogP contribution in [0.1, 0.15) is 19.4 Å². The first kappa shape index (κ1) is 15.1. The molecule has 0 bridgehead atoms. The third-order valence-corrected chi connectivity index (χ3v) is 2.59. The molecule has 0 radical (unpaired) electrons. The van der Waals surface area contributed by atoms with Gasteiger partial charge in [0.15, 0.2) is 5.96 Å². The number of nitrogens with zero attached hydrogens (tertiary/aromatic N) is 1. The minimum absolute atomic E-state index is 0.287. The van der Waals surface area contributed by atoms with E-state index in [0.29, 0.717) is 12.5 Å². The summed E-state index contributed by atoms with van der Waals surface area (Å²) in [5.41, 5.74) is 6.81. The molecular weight excluding hydrogens is 242 g/mol. The van der Waals surface area contributed by atoms with Gasteiger partial charge in [0.25, 0.3) is 0 Å². The molecule has 0 aliphatic carbocycles. The van der Waals surface area contributed by atoms with E-state index >= 15 is 0 Å². The summed E-state index contributed by atoms with van der Waals surface area (Å²) < 4.78 is 10.5. The number of aliphatic imine (C=N–C) groups is 1. The summed E-state index contributed by atoms with van der Waals surface area (Å²) in [6, 6.07) is 6.02. The second-order valence-corrected chi connectivity index (χ2v) is 4.49. The Morgan fingerprint density at radius 2 is 2.05 bits per heavy atom. The molecule has 0 saturated carbocycles. The molecule has 0 spiro atoms. The lowest BCUT2D eigenvalue weighted by Gasteiger charge is -2.10. The van der Waals surface area contributed by atoms with Crippen LogP contribution in [0, 0.1) is 0 Å². The summed E-state index contributed by atoms with van der Waals surface area (Å²) in [5, 5.41) is 3.05. The fourth-order valence-electron chi connectivity index (χ4n) is 1.72. The first-order valence-corrected chi connectivity index (χ1v) is 6.34. The molecule has 106 valence electrons. The highest BCUT2D eigenvalue weighted by Gasteiger charge is 2.04. The SMILES string of the molecule is COc1ccc(OC)c(CCN=C(N)NC(C)C)c1. The van der Waals surface area contributed by atoms with Gasteiger partial charge in [-0.3, -0.25) is 4.99 Å². The molecule has 0 unspecified atom stereocenters. The van der Waals surface area contributed by atoms with Crippen molar-refractivity contribution in [3.8, 4) is 11.5 Å². The molecule has 0 saturated heterocycles. The molecule has 0 amide bonds. The van der Waals surface area contributed by atoms with E-state index < -0.39 is 0 Å². The van der Waals surface area contributed by atoms with Gasteiger partial charge in [-0.25, -0.2) is 0 Å². The van der Waals surface area contributed by atoms with Crippen LogP contribution < -0.4 is 20.5 Å². The monoisotopic (exact) mass is 265 g/mol. The van der Waals surface area contributed by atoms with Crippen LogP contribution in [0.25, 0.3) is 0 Å². The summed E-state index contributed by atoms with van der Waals surface area (Å²) in [4.78, 5) is 4.28. The fraction of sp³-hybridized carbons (Fsp3) is 0.500. The number of guanidine groups is 1. The van der Waals surface area contributed by atoms with Crippen molar-refractivity contribution in [2.45, 2.75) is 26.3 Å². The zero-order valence-corrected chi connectivity index (χ0v) is 12.1. The van der Waals surface area contributed by atoms with E-state index in [1.807, 2.05) is 32.0 Å². The van der Waals surface area contributed by atoms with Crippen LogP contribution in [0.3, 0.4) is 0 Å². The number of hydrogen-bond donors (Lipinski definition) is 2. The molecular formula is C14H23N3O2. The van der Waals surface area contributed by atoms with Crippen LogP contribution in [0.5, 0.6) is 11.5 Å². The van der Waals surface area contributed by atoms with Gasteiger partial charge in [0.2, 0.25) is 0 Å². The largest absolute Gasteiger partial charge is 0.497 e. The lowest BCUT2D eigenvalue weighted by Crippen LogP contribution is -2.36. The molecule has 0 heterocycles. The molecule has 0 atom stereocenters. The van der Waals surface area contributed by atoms with E-state index in [9.17, 15) is 0 Å². The Labute approximate surface area is 114 Å². The highest BCUT2D eigenvalue weighted by atomic mass is 16.5. The van der Waals surface area contributed by atoms with E-state index in [4.69, 9.17) is 15.2 Å². The fourth-order valence-corrected chi connectivity index (χ4v) is 1.72. The van der Waals surface area contributed by atoms with Crippen molar-refractivity contribution in [2.24, 2.45) is 10.7 Å². The Morgan fingerprint density at radius 1 is 1.32 bits per heavy atom. The highest BCUT2D eigenvalue weighted by molar-refractivity contribution is 5.78. The third kappa shape index (κ3) is 5.07. The molecule has 0 fully saturated rings. The summed E-state index contributed by atoms with van der Waals surface area (Å²) in [5.74, 6) is 2.12. The molecule has 1 rings (SSSR count). The standard InChI is InChI=1S/C14H23N3O2/c1-10(2)17-14(15)16-8-7-11-9-12(18-3)5-6-13(11)19-4/h5-6,9-10H,7-8H2,1-4H3,(H3,15,16,17). The number of methoxy groups -OCH3 is 2. The van der Waals surface area contributed by atoms with Crippen molar-refractivity contribution in [1.29, 1.82) is 0 Å². The van der Waals surface area contributed by atoms with Gasteiger partial charge in [0, 0.05) is 12.6 Å². The first-order valence-electron chi connectivity index (χ1n) is 6.34. The molecule has 0 aromatic heterocycles. The Bertz CT molecular complexity index is 431. The van der Waals surface area contributed by atoms with Crippen LogP contribution in [0.2, 0.25) is 0 Å². The van der Waals surface area contributed by atoms with Crippen LogP contribution >= 0.6 is 0 Å². The van der Waals surface area contributed by atoms with Gasteiger partial charge < -0.3 is 20.5 Å². The number of nitrogens with one attached hydrogen (secondary N) is 1. The van der Waals surface area contributed by atoms with Gasteiger partial charge in [-0.2, -0.15) is 0 Å². The maximum Gasteiger partial charge on any atom is 0.188 e. The predicted octanol–water partition coefficient (Wildman–Crippen LogP) is 1.56. The highest BCUT2D eigenvalue weighted by Crippen LogP contribution is 2.24. The number of rotatable bonds is 6. The molecule has 0 aliphatic heterocycles. The van der Waals surface area contributed by atoms with Crippen molar-refractivity contribution >= 4 is 5.96 Å². The van der Waals surface area contributed by atoms with Gasteiger partial charge in [-0.05, 0) is 44.0 Å². The Kier molecular flexibility index (Phi) is 5.99. The Morgan fingerprint density at radius 3 is 2.63 bits per heavy atom. The average molecular weight is 265 g/mol. The number of ether oxygens (including phenoxy) is 2. The van der Waals surface area contributed by atoms with Crippen LogP contribution in [-0.4, -0.2) is 32.8 Å². The van der Waals surface area contributed by atoms with Crippen molar-refractivity contribution in [1.82, 2.24) is 5.32 Å². The number of nitrogens with two attached hydrogens (primary N) is 1. The van der Waals surface area contributed by atoms with Gasteiger partial charge in [-0.1, -0.05) is 0 Å². The van der Waals surface area contributed by atoms with E-state index in [2.05, 4.69) is 10.3 Å².